The first-order valence-electron chi connectivity index (χ1n) is 7.30. The summed E-state index contributed by atoms with van der Waals surface area (Å²) in [5.41, 5.74) is 0.355. The molecular weight excluding hydrogens is 370 g/mol. The summed E-state index contributed by atoms with van der Waals surface area (Å²) in [5.74, 6) is 0. The Morgan fingerprint density at radius 1 is 1.45 bits per heavy atom. The van der Waals surface area contributed by atoms with Crippen molar-refractivity contribution in [1.29, 1.82) is 0 Å². The monoisotopic (exact) mass is 389 g/mol. The van der Waals surface area contributed by atoms with Crippen LogP contribution in [-0.2, 0) is 4.74 Å². The van der Waals surface area contributed by atoms with Crippen molar-refractivity contribution in [1.82, 2.24) is 9.88 Å². The van der Waals surface area contributed by atoms with Gasteiger partial charge in [-0.05, 0) is 55.6 Å². The Balaban J connectivity index is 1.87. The van der Waals surface area contributed by atoms with Gasteiger partial charge in [-0.3, -0.25) is 0 Å². The number of rotatable bonds is 2. The molecule has 1 N–H and O–H groups in total. The van der Waals surface area contributed by atoms with E-state index in [0.29, 0.717) is 18.2 Å². The number of hydrogen-bond acceptors (Lipinski definition) is 4. The van der Waals surface area contributed by atoms with E-state index in [-0.39, 0.29) is 12.1 Å². The Morgan fingerprint density at radius 2 is 2.09 bits per heavy atom. The second-order valence-corrected chi connectivity index (χ2v) is 7.65. The number of nitrogens with zero attached hydrogens (tertiary/aromatic N) is 2. The first-order chi connectivity index (χ1) is 10.2. The Hall–Kier alpha value is -1.01. The van der Waals surface area contributed by atoms with Gasteiger partial charge >= 0.3 is 6.09 Å². The topological polar surface area (TPSA) is 54.5 Å². The van der Waals surface area contributed by atoms with Gasteiger partial charge in [0.15, 0.2) is 5.15 Å². The molecule has 0 atom stereocenters. The number of halogens is 2. The summed E-state index contributed by atoms with van der Waals surface area (Å²) in [5, 5.41) is 3.85. The zero-order chi connectivity index (χ0) is 16.3. The van der Waals surface area contributed by atoms with Crippen molar-refractivity contribution >= 4 is 39.3 Å². The highest BCUT2D eigenvalue weighted by molar-refractivity contribution is 9.10. The van der Waals surface area contributed by atoms with Crippen molar-refractivity contribution in [2.24, 2.45) is 0 Å². The molecule has 1 saturated heterocycles. The number of hydrogen-bond donors (Lipinski definition) is 1. The van der Waals surface area contributed by atoms with E-state index in [1.54, 1.807) is 11.1 Å². The number of nitrogens with one attached hydrogen (secondary N) is 1. The van der Waals surface area contributed by atoms with E-state index in [9.17, 15) is 4.79 Å². The van der Waals surface area contributed by atoms with Crippen molar-refractivity contribution in [3.63, 3.8) is 0 Å². The quantitative estimate of drug-likeness (QED) is 0.765. The lowest BCUT2D eigenvalue weighted by molar-refractivity contribution is 0.0210. The van der Waals surface area contributed by atoms with E-state index < -0.39 is 5.60 Å². The van der Waals surface area contributed by atoms with Gasteiger partial charge < -0.3 is 15.0 Å². The van der Waals surface area contributed by atoms with Crippen LogP contribution < -0.4 is 5.32 Å². The lowest BCUT2D eigenvalue weighted by Crippen LogP contribution is -2.44. The van der Waals surface area contributed by atoms with Crippen molar-refractivity contribution in [3.8, 4) is 0 Å². The first kappa shape index (κ1) is 17.3. The second kappa shape index (κ2) is 7.04. The van der Waals surface area contributed by atoms with Crippen LogP contribution in [0.4, 0.5) is 10.5 Å². The van der Waals surface area contributed by atoms with Gasteiger partial charge in [0.2, 0.25) is 0 Å². The largest absolute Gasteiger partial charge is 0.444 e. The maximum atomic E-state index is 12.0. The van der Waals surface area contributed by atoms with E-state index in [2.05, 4.69) is 26.2 Å². The number of aromatic nitrogens is 1. The molecule has 2 rings (SSSR count). The molecule has 122 valence electrons. The zero-order valence-electron chi connectivity index (χ0n) is 13.0. The molecule has 0 unspecified atom stereocenters. The Labute approximate surface area is 144 Å². The van der Waals surface area contributed by atoms with Crippen LogP contribution in [0.3, 0.4) is 0 Å². The second-order valence-electron chi connectivity index (χ2n) is 6.38. The third kappa shape index (κ3) is 5.02. The molecule has 0 aromatic carbocycles. The van der Waals surface area contributed by atoms with E-state index in [4.69, 9.17) is 16.3 Å². The highest BCUT2D eigenvalue weighted by Crippen LogP contribution is 2.26. The molecule has 1 aliphatic rings. The molecule has 22 heavy (non-hydrogen) atoms. The van der Waals surface area contributed by atoms with Gasteiger partial charge in [-0.1, -0.05) is 11.6 Å². The van der Waals surface area contributed by atoms with Gasteiger partial charge in [0.25, 0.3) is 0 Å². The van der Waals surface area contributed by atoms with Crippen molar-refractivity contribution < 1.29 is 9.53 Å². The van der Waals surface area contributed by atoms with Crippen LogP contribution in [0.25, 0.3) is 0 Å². The fraction of sp³-hybridized carbons (Fsp3) is 0.600. The molecule has 1 aromatic heterocycles. The smallest absolute Gasteiger partial charge is 0.410 e. The predicted molar refractivity (Wildman–Crippen MR) is 91.4 cm³/mol. The summed E-state index contributed by atoms with van der Waals surface area (Å²) in [6.07, 6.45) is 3.12. The number of ether oxygens (including phenoxy) is 1. The van der Waals surface area contributed by atoms with Crippen LogP contribution in [-0.4, -0.2) is 40.7 Å². The van der Waals surface area contributed by atoms with Gasteiger partial charge in [0.1, 0.15) is 5.60 Å². The van der Waals surface area contributed by atoms with Crippen LogP contribution in [0.1, 0.15) is 33.6 Å². The van der Waals surface area contributed by atoms with Gasteiger partial charge in [-0.15, -0.1) is 0 Å². The van der Waals surface area contributed by atoms with E-state index in [1.807, 2.05) is 26.8 Å². The number of carbonyl (C=O) groups excluding carboxylic acids is 1. The molecule has 2 heterocycles. The molecule has 1 aliphatic heterocycles. The molecule has 7 heteroatoms. The predicted octanol–water partition coefficient (Wildman–Crippen LogP) is 4.31. The van der Waals surface area contributed by atoms with Crippen LogP contribution in [0.2, 0.25) is 5.15 Å². The van der Waals surface area contributed by atoms with E-state index in [0.717, 1.165) is 23.0 Å². The number of amides is 1. The first-order valence-corrected chi connectivity index (χ1v) is 8.47. The lowest BCUT2D eigenvalue weighted by atomic mass is 10.1. The van der Waals surface area contributed by atoms with E-state index >= 15 is 0 Å². The molecule has 0 spiro atoms. The third-order valence-electron chi connectivity index (χ3n) is 3.31. The number of carbonyl (C=O) groups is 1. The van der Waals surface area contributed by atoms with Gasteiger partial charge in [0, 0.05) is 29.8 Å². The molecule has 0 bridgehead atoms. The average molecular weight is 391 g/mol. The maximum Gasteiger partial charge on any atom is 0.410 e. The van der Waals surface area contributed by atoms with Crippen LogP contribution in [0, 0.1) is 0 Å². The number of anilines is 1. The molecule has 0 aliphatic carbocycles. The van der Waals surface area contributed by atoms with Crippen molar-refractivity contribution in [2.45, 2.75) is 45.3 Å². The van der Waals surface area contributed by atoms with Crippen LogP contribution >= 0.6 is 27.5 Å². The molecule has 1 aromatic rings. The Kier molecular flexibility index (Phi) is 5.55. The summed E-state index contributed by atoms with van der Waals surface area (Å²) >= 11 is 9.48. The third-order valence-corrected chi connectivity index (χ3v) is 4.05. The van der Waals surface area contributed by atoms with E-state index in [1.165, 1.54) is 0 Å². The zero-order valence-corrected chi connectivity index (χ0v) is 15.4. The van der Waals surface area contributed by atoms with Gasteiger partial charge in [-0.2, -0.15) is 0 Å². The number of likely N-dealkylation sites (tertiary alicyclic amines) is 1. The molecule has 1 amide bonds. The summed E-state index contributed by atoms with van der Waals surface area (Å²) < 4.78 is 6.27. The lowest BCUT2D eigenvalue weighted by Gasteiger charge is -2.34. The Morgan fingerprint density at radius 3 is 2.68 bits per heavy atom. The summed E-state index contributed by atoms with van der Waals surface area (Å²) in [6, 6.07) is 2.18. The van der Waals surface area contributed by atoms with Crippen LogP contribution in [0.5, 0.6) is 0 Å². The summed E-state index contributed by atoms with van der Waals surface area (Å²) in [6.45, 7) is 6.97. The summed E-state index contributed by atoms with van der Waals surface area (Å²) in [7, 11) is 0. The molecule has 0 saturated carbocycles. The maximum absolute atomic E-state index is 12.0. The minimum Gasteiger partial charge on any atom is -0.444 e. The average Bonchev–Trinajstić information content (AvgIpc) is 2.42. The highest BCUT2D eigenvalue weighted by Gasteiger charge is 2.27. The summed E-state index contributed by atoms with van der Waals surface area (Å²) in [4.78, 5) is 17.9. The minimum atomic E-state index is -0.457. The normalized spacial score (nSPS) is 16.5. The molecular formula is C15H21BrClN3O2. The highest BCUT2D eigenvalue weighted by atomic mass is 79.9. The fourth-order valence-electron chi connectivity index (χ4n) is 2.28. The SMILES string of the molecule is CC(C)(C)OC(=O)N1CCC(Nc2cc(Br)cnc2Cl)CC1. The molecule has 5 nitrogen and oxygen atoms in total. The van der Waals surface area contributed by atoms with Gasteiger partial charge in [0.05, 0.1) is 5.69 Å². The molecule has 1 fully saturated rings. The fourth-order valence-corrected chi connectivity index (χ4v) is 2.77. The minimum absolute atomic E-state index is 0.242. The standard InChI is InChI=1S/C15H21BrClN3O2/c1-15(2,3)22-14(21)20-6-4-11(5-7-20)19-12-8-10(16)9-18-13(12)17/h8-9,11,19H,4-7H2,1-3H3. The Bertz CT molecular complexity index is 540. The number of pyridine rings is 1. The number of piperidine rings is 1. The van der Waals surface area contributed by atoms with Crippen LogP contribution in [0.15, 0.2) is 16.7 Å². The van der Waals surface area contributed by atoms with Crippen molar-refractivity contribution in [3.05, 3.63) is 21.9 Å². The van der Waals surface area contributed by atoms with Gasteiger partial charge in [-0.25, -0.2) is 9.78 Å². The van der Waals surface area contributed by atoms with Crippen molar-refractivity contribution in [2.75, 3.05) is 18.4 Å². The molecule has 0 radical (unpaired) electrons.